The first-order valence-electron chi connectivity index (χ1n) is 6.39. The van der Waals surface area contributed by atoms with Gasteiger partial charge in [0.05, 0.1) is 17.6 Å². The largest absolute Gasteiger partial charge is 0.490 e. The number of nitro groups is 1. The number of nitrogens with zero attached hydrogens (tertiary/aromatic N) is 2. The summed E-state index contributed by atoms with van der Waals surface area (Å²) in [6.07, 6.45) is 0. The summed E-state index contributed by atoms with van der Waals surface area (Å²) in [5.74, 6) is -0.215. The fourth-order valence-electron chi connectivity index (χ4n) is 2.35. The smallest absolute Gasteiger partial charge is 0.311 e. The first-order valence-corrected chi connectivity index (χ1v) is 6.39. The molecule has 1 aromatic rings. The summed E-state index contributed by atoms with van der Waals surface area (Å²) in [6.45, 7) is 3.94. The maximum absolute atomic E-state index is 12.6. The average molecular weight is 279 g/mol. The molecule has 7 heteroatoms. The van der Waals surface area contributed by atoms with Gasteiger partial charge in [0.2, 0.25) is 5.75 Å². The van der Waals surface area contributed by atoms with E-state index in [0.717, 1.165) is 0 Å². The second-order valence-electron chi connectivity index (χ2n) is 4.67. The average Bonchev–Trinajstić information content (AvgIpc) is 2.46. The number of benzene rings is 1. The van der Waals surface area contributed by atoms with Crippen LogP contribution in [0.3, 0.4) is 0 Å². The number of para-hydroxylation sites is 1. The van der Waals surface area contributed by atoms with Gasteiger partial charge in [0.25, 0.3) is 5.91 Å². The van der Waals surface area contributed by atoms with Crippen LogP contribution in [0.25, 0.3) is 0 Å². The van der Waals surface area contributed by atoms with E-state index in [-0.39, 0.29) is 28.9 Å². The number of ether oxygens (including phenoxy) is 1. The van der Waals surface area contributed by atoms with Gasteiger partial charge in [0.1, 0.15) is 0 Å². The molecule has 1 atom stereocenters. The third-order valence-corrected chi connectivity index (χ3v) is 3.39. The Labute approximate surface area is 116 Å². The fraction of sp³-hybridized carbons (Fsp3) is 0.462. The standard InChI is InChI=1S/C13H17N3O4/c1-9-8-14-6-7-15(9)13(17)10-4-3-5-11(16(18)19)12(10)20-2/h3-5,9,14H,6-8H2,1-2H3/t9-/m0/s1. The molecule has 0 spiro atoms. The highest BCUT2D eigenvalue weighted by Gasteiger charge is 2.29. The lowest BCUT2D eigenvalue weighted by Gasteiger charge is -2.34. The highest BCUT2D eigenvalue weighted by molar-refractivity contribution is 5.98. The number of carbonyl (C=O) groups is 1. The molecule has 0 aromatic heterocycles. The van der Waals surface area contributed by atoms with Crippen LogP contribution < -0.4 is 10.1 Å². The monoisotopic (exact) mass is 279 g/mol. The Morgan fingerprint density at radius 2 is 2.30 bits per heavy atom. The molecule has 1 N–H and O–H groups in total. The molecule has 0 radical (unpaired) electrons. The van der Waals surface area contributed by atoms with Crippen molar-refractivity contribution in [1.82, 2.24) is 10.2 Å². The van der Waals surface area contributed by atoms with E-state index in [0.29, 0.717) is 19.6 Å². The van der Waals surface area contributed by atoms with Crippen molar-refractivity contribution in [2.75, 3.05) is 26.7 Å². The van der Waals surface area contributed by atoms with Crippen molar-refractivity contribution in [2.24, 2.45) is 0 Å². The zero-order valence-electron chi connectivity index (χ0n) is 11.5. The molecule has 0 saturated carbocycles. The van der Waals surface area contributed by atoms with Crippen LogP contribution in [0.1, 0.15) is 17.3 Å². The highest BCUT2D eigenvalue weighted by Crippen LogP contribution is 2.31. The number of nitro benzene ring substituents is 1. The molecule has 1 fully saturated rings. The minimum absolute atomic E-state index is 0.0215. The van der Waals surface area contributed by atoms with Gasteiger partial charge >= 0.3 is 5.69 Å². The predicted octanol–water partition coefficient (Wildman–Crippen LogP) is 1.04. The third kappa shape index (κ3) is 2.57. The second kappa shape index (κ2) is 5.87. The van der Waals surface area contributed by atoms with E-state index in [4.69, 9.17) is 4.74 Å². The number of hydrogen-bond acceptors (Lipinski definition) is 5. The maximum Gasteiger partial charge on any atom is 0.311 e. The number of amides is 1. The van der Waals surface area contributed by atoms with E-state index in [2.05, 4.69) is 5.32 Å². The molecule has 1 aromatic carbocycles. The molecular formula is C13H17N3O4. The minimum atomic E-state index is -0.545. The first kappa shape index (κ1) is 14.3. The number of rotatable bonds is 3. The Balaban J connectivity index is 2.39. The van der Waals surface area contributed by atoms with Crippen molar-refractivity contribution in [3.8, 4) is 5.75 Å². The molecule has 1 amide bonds. The molecular weight excluding hydrogens is 262 g/mol. The summed E-state index contributed by atoms with van der Waals surface area (Å²) in [5, 5.41) is 14.2. The van der Waals surface area contributed by atoms with Crippen LogP contribution >= 0.6 is 0 Å². The molecule has 0 unspecified atom stereocenters. The number of carbonyl (C=O) groups excluding carboxylic acids is 1. The van der Waals surface area contributed by atoms with E-state index >= 15 is 0 Å². The molecule has 0 bridgehead atoms. The van der Waals surface area contributed by atoms with Gasteiger partial charge in [-0.15, -0.1) is 0 Å². The zero-order chi connectivity index (χ0) is 14.7. The molecule has 108 valence electrons. The van der Waals surface area contributed by atoms with Gasteiger partial charge in [-0.25, -0.2) is 0 Å². The molecule has 1 heterocycles. The van der Waals surface area contributed by atoms with Crippen molar-refractivity contribution in [3.05, 3.63) is 33.9 Å². The molecule has 20 heavy (non-hydrogen) atoms. The molecule has 7 nitrogen and oxygen atoms in total. The summed E-state index contributed by atoms with van der Waals surface area (Å²) in [4.78, 5) is 24.7. The van der Waals surface area contributed by atoms with E-state index in [1.165, 1.54) is 19.2 Å². The topological polar surface area (TPSA) is 84.7 Å². The van der Waals surface area contributed by atoms with Crippen molar-refractivity contribution < 1.29 is 14.5 Å². The normalized spacial score (nSPS) is 18.7. The Kier molecular flexibility index (Phi) is 4.19. The Morgan fingerprint density at radius 3 is 2.90 bits per heavy atom. The van der Waals surface area contributed by atoms with Crippen LogP contribution in [0.4, 0.5) is 5.69 Å². The first-order chi connectivity index (χ1) is 9.56. The number of nitrogens with one attached hydrogen (secondary N) is 1. The van der Waals surface area contributed by atoms with E-state index < -0.39 is 4.92 Å². The summed E-state index contributed by atoms with van der Waals surface area (Å²) in [5.41, 5.74) is 0.0385. The van der Waals surface area contributed by atoms with Crippen molar-refractivity contribution in [3.63, 3.8) is 0 Å². The van der Waals surface area contributed by atoms with Crippen LogP contribution in [0.5, 0.6) is 5.75 Å². The van der Waals surface area contributed by atoms with Crippen molar-refractivity contribution in [2.45, 2.75) is 13.0 Å². The number of methoxy groups -OCH3 is 1. The third-order valence-electron chi connectivity index (χ3n) is 3.39. The zero-order valence-corrected chi connectivity index (χ0v) is 11.5. The summed E-state index contributed by atoms with van der Waals surface area (Å²) in [6, 6.07) is 4.43. The SMILES string of the molecule is COc1c(C(=O)N2CCNC[C@@H]2C)cccc1[N+](=O)[O-]. The quantitative estimate of drug-likeness (QED) is 0.660. The van der Waals surface area contributed by atoms with Crippen molar-refractivity contribution in [1.29, 1.82) is 0 Å². The number of hydrogen-bond donors (Lipinski definition) is 1. The van der Waals surface area contributed by atoms with Crippen LogP contribution in [-0.4, -0.2) is 48.5 Å². The van der Waals surface area contributed by atoms with Gasteiger partial charge in [-0.3, -0.25) is 14.9 Å². The Bertz CT molecular complexity index is 532. The lowest BCUT2D eigenvalue weighted by molar-refractivity contribution is -0.385. The molecule has 0 aliphatic carbocycles. The van der Waals surface area contributed by atoms with Gasteiger partial charge in [0.15, 0.2) is 0 Å². The van der Waals surface area contributed by atoms with Gasteiger partial charge in [0, 0.05) is 31.7 Å². The molecule has 1 saturated heterocycles. The number of piperazine rings is 1. The Hall–Kier alpha value is -2.15. The summed E-state index contributed by atoms with van der Waals surface area (Å²) in [7, 11) is 1.33. The second-order valence-corrected chi connectivity index (χ2v) is 4.67. The lowest BCUT2D eigenvalue weighted by atomic mass is 10.1. The van der Waals surface area contributed by atoms with Gasteiger partial charge in [-0.05, 0) is 13.0 Å². The summed E-state index contributed by atoms with van der Waals surface area (Å²) < 4.78 is 5.08. The molecule has 1 aliphatic heterocycles. The minimum Gasteiger partial charge on any atom is -0.490 e. The van der Waals surface area contributed by atoms with E-state index in [1.807, 2.05) is 6.92 Å². The van der Waals surface area contributed by atoms with Crippen LogP contribution in [-0.2, 0) is 0 Å². The predicted molar refractivity (Wildman–Crippen MR) is 73.0 cm³/mol. The molecule has 2 rings (SSSR count). The van der Waals surface area contributed by atoms with Gasteiger partial charge in [-0.2, -0.15) is 0 Å². The lowest BCUT2D eigenvalue weighted by Crippen LogP contribution is -2.52. The maximum atomic E-state index is 12.6. The van der Waals surface area contributed by atoms with Crippen LogP contribution in [0.2, 0.25) is 0 Å². The van der Waals surface area contributed by atoms with Gasteiger partial charge < -0.3 is 15.0 Å². The van der Waals surface area contributed by atoms with Crippen LogP contribution in [0.15, 0.2) is 18.2 Å². The van der Waals surface area contributed by atoms with Crippen molar-refractivity contribution >= 4 is 11.6 Å². The van der Waals surface area contributed by atoms with Crippen LogP contribution in [0, 0.1) is 10.1 Å². The van der Waals surface area contributed by atoms with Gasteiger partial charge in [-0.1, -0.05) is 6.07 Å². The fourth-order valence-corrected chi connectivity index (χ4v) is 2.35. The summed E-state index contributed by atoms with van der Waals surface area (Å²) >= 11 is 0. The van der Waals surface area contributed by atoms with E-state index in [1.54, 1.807) is 11.0 Å². The Morgan fingerprint density at radius 1 is 1.55 bits per heavy atom. The van der Waals surface area contributed by atoms with E-state index in [9.17, 15) is 14.9 Å². The highest BCUT2D eigenvalue weighted by atomic mass is 16.6. The molecule has 1 aliphatic rings.